The van der Waals surface area contributed by atoms with E-state index in [0.717, 1.165) is 72.2 Å². The van der Waals surface area contributed by atoms with Crippen molar-refractivity contribution in [3.8, 4) is 27.9 Å². The summed E-state index contributed by atoms with van der Waals surface area (Å²) in [5.74, 6) is 0. The number of rotatable bonds is 6. The van der Waals surface area contributed by atoms with Gasteiger partial charge in [0.15, 0.2) is 0 Å². The van der Waals surface area contributed by atoms with Crippen LogP contribution in [0.25, 0.3) is 71.7 Å². The monoisotopic (exact) mass is 686 g/mol. The third-order valence-electron chi connectivity index (χ3n) is 9.99. The van der Waals surface area contributed by atoms with Crippen molar-refractivity contribution < 1.29 is 4.42 Å². The van der Waals surface area contributed by atoms with Crippen LogP contribution in [0.2, 0.25) is 5.02 Å². The molecule has 0 aliphatic heterocycles. The Morgan fingerprint density at radius 2 is 1.08 bits per heavy atom. The summed E-state index contributed by atoms with van der Waals surface area (Å²) < 4.78 is 9.20. The number of anilines is 3. The zero-order valence-corrected chi connectivity index (χ0v) is 28.8. The Morgan fingerprint density at radius 3 is 1.85 bits per heavy atom. The Hall–Kier alpha value is -6.55. The number of hydrogen-bond acceptors (Lipinski definition) is 2. The second-order valence-electron chi connectivity index (χ2n) is 13.1. The maximum absolute atomic E-state index is 7.09. The van der Waals surface area contributed by atoms with Gasteiger partial charge in [-0.15, -0.1) is 0 Å². The molecule has 246 valence electrons. The van der Waals surface area contributed by atoms with Crippen molar-refractivity contribution in [1.29, 1.82) is 0 Å². The second-order valence-corrected chi connectivity index (χ2v) is 13.5. The summed E-state index contributed by atoms with van der Waals surface area (Å²) in [6.07, 6.45) is 0. The molecule has 10 aromatic rings. The van der Waals surface area contributed by atoms with Crippen LogP contribution < -0.4 is 4.90 Å². The third-order valence-corrected chi connectivity index (χ3v) is 10.2. The lowest BCUT2D eigenvalue weighted by Gasteiger charge is -2.26. The van der Waals surface area contributed by atoms with E-state index in [-0.39, 0.29) is 0 Å². The number of benzene rings is 8. The molecule has 0 aliphatic rings. The van der Waals surface area contributed by atoms with Crippen molar-refractivity contribution in [1.82, 2.24) is 4.57 Å². The van der Waals surface area contributed by atoms with Gasteiger partial charge in [0, 0.05) is 49.5 Å². The molecule has 10 rings (SSSR count). The summed E-state index contributed by atoms with van der Waals surface area (Å²) >= 11 is 7.09. The standard InChI is InChI=1S/C48H31ClN2O/c49-35-28-34(29-39(30-35)50(36-16-6-2-7-17-36)38-26-24-33(25-27-38)32-14-4-1-5-15-32)42-31-43-40-20-10-12-22-44(40)51(37-18-8-3-9-19-37)47(43)46-41-21-11-13-23-45(41)52-48(42)46/h1-31H. The summed E-state index contributed by atoms with van der Waals surface area (Å²) in [5, 5.41) is 5.15. The molecular weight excluding hydrogens is 656 g/mol. The van der Waals surface area contributed by atoms with Crippen molar-refractivity contribution in [2.75, 3.05) is 4.90 Å². The molecule has 8 aromatic carbocycles. The minimum Gasteiger partial charge on any atom is -0.455 e. The largest absolute Gasteiger partial charge is 0.455 e. The summed E-state index contributed by atoms with van der Waals surface area (Å²) in [6.45, 7) is 0. The Bertz CT molecular complexity index is 2890. The Labute approximate surface area is 306 Å². The lowest BCUT2D eigenvalue weighted by atomic mass is 9.97. The minimum absolute atomic E-state index is 0.644. The number of para-hydroxylation sites is 4. The first-order valence-electron chi connectivity index (χ1n) is 17.5. The number of halogens is 1. The van der Waals surface area contributed by atoms with Crippen molar-refractivity contribution in [3.05, 3.63) is 193 Å². The Balaban J connectivity index is 1.23. The molecule has 0 amide bonds. The van der Waals surface area contributed by atoms with Crippen LogP contribution in [0.15, 0.2) is 192 Å². The van der Waals surface area contributed by atoms with E-state index >= 15 is 0 Å². The Morgan fingerprint density at radius 1 is 0.462 bits per heavy atom. The molecule has 0 fully saturated rings. The summed E-state index contributed by atoms with van der Waals surface area (Å²) in [5.41, 5.74) is 12.4. The predicted octanol–water partition coefficient (Wildman–Crippen LogP) is 14.1. The van der Waals surface area contributed by atoms with Crippen LogP contribution in [0.4, 0.5) is 17.1 Å². The summed E-state index contributed by atoms with van der Waals surface area (Å²) in [6, 6.07) is 65.8. The second kappa shape index (κ2) is 12.3. The average Bonchev–Trinajstić information content (AvgIpc) is 3.75. The minimum atomic E-state index is 0.644. The molecule has 2 aromatic heterocycles. The van der Waals surface area contributed by atoms with Crippen LogP contribution in [0, 0.1) is 0 Å². The van der Waals surface area contributed by atoms with E-state index in [1.54, 1.807) is 0 Å². The molecule has 0 saturated heterocycles. The number of furan rings is 1. The van der Waals surface area contributed by atoms with Crippen molar-refractivity contribution in [2.45, 2.75) is 0 Å². The fourth-order valence-electron chi connectivity index (χ4n) is 7.71. The van der Waals surface area contributed by atoms with Crippen molar-refractivity contribution in [3.63, 3.8) is 0 Å². The number of fused-ring (bicyclic) bond motifs is 7. The fraction of sp³-hybridized carbons (Fsp3) is 0. The number of nitrogens with zero attached hydrogens (tertiary/aromatic N) is 2. The van der Waals surface area contributed by atoms with Crippen LogP contribution in [-0.4, -0.2) is 4.57 Å². The van der Waals surface area contributed by atoms with Gasteiger partial charge in [-0.25, -0.2) is 0 Å². The molecule has 3 nitrogen and oxygen atoms in total. The SMILES string of the molecule is Clc1cc(-c2cc3c4ccccc4n(-c4ccccc4)c3c3c2oc2ccccc23)cc(N(c2ccccc2)c2ccc(-c3ccccc3)cc2)c1. The highest BCUT2D eigenvalue weighted by atomic mass is 35.5. The molecule has 0 unspecified atom stereocenters. The van der Waals surface area contributed by atoms with Crippen LogP contribution in [0.3, 0.4) is 0 Å². The van der Waals surface area contributed by atoms with Gasteiger partial charge >= 0.3 is 0 Å². The van der Waals surface area contributed by atoms with Gasteiger partial charge in [0.05, 0.1) is 16.4 Å². The first-order valence-corrected chi connectivity index (χ1v) is 17.8. The van der Waals surface area contributed by atoms with Crippen LogP contribution in [0.5, 0.6) is 0 Å². The molecule has 0 spiro atoms. The van der Waals surface area contributed by atoms with E-state index in [1.165, 1.54) is 16.5 Å². The first kappa shape index (κ1) is 30.3. The summed E-state index contributed by atoms with van der Waals surface area (Å²) in [4.78, 5) is 2.26. The highest BCUT2D eigenvalue weighted by molar-refractivity contribution is 6.32. The van der Waals surface area contributed by atoms with E-state index in [2.05, 4.69) is 173 Å². The third kappa shape index (κ3) is 4.98. The van der Waals surface area contributed by atoms with Crippen LogP contribution in [-0.2, 0) is 0 Å². The van der Waals surface area contributed by atoms with E-state index in [9.17, 15) is 0 Å². The van der Waals surface area contributed by atoms with E-state index in [0.29, 0.717) is 5.02 Å². The normalized spacial score (nSPS) is 11.6. The fourth-order valence-corrected chi connectivity index (χ4v) is 7.94. The molecule has 0 bridgehead atoms. The zero-order chi connectivity index (χ0) is 34.6. The molecule has 0 radical (unpaired) electrons. The van der Waals surface area contributed by atoms with Gasteiger partial charge in [0.2, 0.25) is 0 Å². The summed E-state index contributed by atoms with van der Waals surface area (Å²) in [7, 11) is 0. The lowest BCUT2D eigenvalue weighted by molar-refractivity contribution is 0.670. The predicted molar refractivity (Wildman–Crippen MR) is 219 cm³/mol. The molecule has 0 saturated carbocycles. The van der Waals surface area contributed by atoms with Crippen molar-refractivity contribution in [2.24, 2.45) is 0 Å². The molecule has 52 heavy (non-hydrogen) atoms. The highest BCUT2D eigenvalue weighted by Gasteiger charge is 2.23. The van der Waals surface area contributed by atoms with Gasteiger partial charge in [-0.3, -0.25) is 0 Å². The maximum Gasteiger partial charge on any atom is 0.145 e. The quantitative estimate of drug-likeness (QED) is 0.174. The van der Waals surface area contributed by atoms with Gasteiger partial charge < -0.3 is 13.9 Å². The molecule has 2 heterocycles. The molecular formula is C48H31ClN2O. The Kier molecular flexibility index (Phi) is 7.19. The van der Waals surface area contributed by atoms with Gasteiger partial charge in [0.25, 0.3) is 0 Å². The van der Waals surface area contributed by atoms with E-state index in [1.807, 2.05) is 24.3 Å². The average molecular weight is 687 g/mol. The van der Waals surface area contributed by atoms with E-state index in [4.69, 9.17) is 16.0 Å². The smallest absolute Gasteiger partial charge is 0.145 e. The number of aromatic nitrogens is 1. The van der Waals surface area contributed by atoms with Crippen LogP contribution in [0.1, 0.15) is 0 Å². The van der Waals surface area contributed by atoms with E-state index < -0.39 is 0 Å². The molecule has 0 aliphatic carbocycles. The highest BCUT2D eigenvalue weighted by Crippen LogP contribution is 2.47. The van der Waals surface area contributed by atoms with Gasteiger partial charge in [-0.05, 0) is 89.5 Å². The van der Waals surface area contributed by atoms with Crippen LogP contribution >= 0.6 is 11.6 Å². The number of hydrogen-bond donors (Lipinski definition) is 0. The molecule has 4 heteroatoms. The molecule has 0 N–H and O–H groups in total. The zero-order valence-electron chi connectivity index (χ0n) is 28.1. The molecule has 0 atom stereocenters. The van der Waals surface area contributed by atoms with Gasteiger partial charge in [-0.1, -0.05) is 127 Å². The lowest BCUT2D eigenvalue weighted by Crippen LogP contribution is -2.10. The topological polar surface area (TPSA) is 21.3 Å². The first-order chi connectivity index (χ1) is 25.7. The van der Waals surface area contributed by atoms with Crippen molar-refractivity contribution >= 4 is 72.4 Å². The maximum atomic E-state index is 7.09. The van der Waals surface area contributed by atoms with Gasteiger partial charge in [0.1, 0.15) is 11.2 Å². The van der Waals surface area contributed by atoms with Gasteiger partial charge in [-0.2, -0.15) is 0 Å².